The van der Waals surface area contributed by atoms with Gasteiger partial charge in [0.2, 0.25) is 5.91 Å². The van der Waals surface area contributed by atoms with Gasteiger partial charge < -0.3 is 4.90 Å². The van der Waals surface area contributed by atoms with Gasteiger partial charge in [0.1, 0.15) is 0 Å². The summed E-state index contributed by atoms with van der Waals surface area (Å²) in [6.07, 6.45) is 11.9. The smallest absolute Gasteiger partial charge is 0.222 e. The molecule has 1 aromatic rings. The van der Waals surface area contributed by atoms with Crippen molar-refractivity contribution in [2.24, 2.45) is 28.6 Å². The predicted molar refractivity (Wildman–Crippen MR) is 120 cm³/mol. The van der Waals surface area contributed by atoms with Crippen LogP contribution in [0.4, 0.5) is 0 Å². The van der Waals surface area contributed by atoms with E-state index in [1.54, 1.807) is 5.57 Å². The van der Waals surface area contributed by atoms with Crippen LogP contribution >= 0.6 is 11.6 Å². The van der Waals surface area contributed by atoms with Gasteiger partial charge in [0.05, 0.1) is 0 Å². The predicted octanol–water partition coefficient (Wildman–Crippen LogP) is 6.59. The lowest BCUT2D eigenvalue weighted by Crippen LogP contribution is -2.61. The number of fused-ring (bicyclic) bond motifs is 5. The van der Waals surface area contributed by atoms with E-state index in [0.717, 1.165) is 35.6 Å². The van der Waals surface area contributed by atoms with Crippen molar-refractivity contribution in [1.82, 2.24) is 4.90 Å². The maximum atomic E-state index is 12.3. The minimum Gasteiger partial charge on any atom is -0.342 e. The van der Waals surface area contributed by atoms with Crippen LogP contribution in [0.2, 0.25) is 5.02 Å². The second kappa shape index (κ2) is 6.87. The molecule has 1 amide bonds. The van der Waals surface area contributed by atoms with Crippen LogP contribution in [0.5, 0.6) is 0 Å². The Balaban J connectivity index is 1.44. The summed E-state index contributed by atoms with van der Waals surface area (Å²) in [4.78, 5) is 14.4. The van der Waals surface area contributed by atoms with Gasteiger partial charge in [-0.05, 0) is 91.2 Å². The van der Waals surface area contributed by atoms with Crippen LogP contribution in [-0.2, 0) is 4.79 Å². The molecule has 1 saturated heterocycles. The van der Waals surface area contributed by atoms with Crippen LogP contribution in [-0.4, -0.2) is 23.9 Å². The first-order valence-electron chi connectivity index (χ1n) is 11.6. The topological polar surface area (TPSA) is 20.3 Å². The van der Waals surface area contributed by atoms with Gasteiger partial charge >= 0.3 is 0 Å². The molecule has 3 heteroatoms. The normalized spacial score (nSPS) is 43.1. The Bertz CT molecular complexity index is 862. The molecule has 6 atom stereocenters. The van der Waals surface area contributed by atoms with Crippen LogP contribution in [0.3, 0.4) is 0 Å². The second-order valence-electron chi connectivity index (χ2n) is 10.7. The van der Waals surface area contributed by atoms with E-state index < -0.39 is 0 Å². The first-order chi connectivity index (χ1) is 13.8. The molecule has 1 aromatic carbocycles. The van der Waals surface area contributed by atoms with Gasteiger partial charge in [0, 0.05) is 24.5 Å². The average Bonchev–Trinajstić information content (AvgIpc) is 3.02. The van der Waals surface area contributed by atoms with Crippen LogP contribution in [0, 0.1) is 28.6 Å². The van der Waals surface area contributed by atoms with E-state index in [0.29, 0.717) is 22.8 Å². The van der Waals surface area contributed by atoms with Crippen molar-refractivity contribution in [1.29, 1.82) is 0 Å². The molecule has 0 spiro atoms. The molecule has 29 heavy (non-hydrogen) atoms. The number of hydrogen-bond acceptors (Lipinski definition) is 1. The van der Waals surface area contributed by atoms with Crippen molar-refractivity contribution in [3.63, 3.8) is 0 Å². The SMILES string of the molecule is CN1C(=O)CC[C@@]2(C)C1CC[C@@H]1[C@H]2CC[C@]2(C)C(=Cc3cccc(Cl)c3)CC[C@@H]12. The molecule has 1 heterocycles. The first kappa shape index (κ1) is 19.7. The lowest BCUT2D eigenvalue weighted by atomic mass is 9.47. The van der Waals surface area contributed by atoms with Crippen LogP contribution in [0.15, 0.2) is 29.8 Å². The molecule has 5 rings (SSSR count). The molecular weight excluding hydrogens is 378 g/mol. The maximum Gasteiger partial charge on any atom is 0.222 e. The molecule has 0 aromatic heterocycles. The molecular formula is C26H34ClNO. The summed E-state index contributed by atoms with van der Waals surface area (Å²) >= 11 is 6.24. The lowest BCUT2D eigenvalue weighted by molar-refractivity contribution is -0.156. The molecule has 0 bridgehead atoms. The van der Waals surface area contributed by atoms with Crippen molar-refractivity contribution >= 4 is 23.6 Å². The van der Waals surface area contributed by atoms with Gasteiger partial charge in [-0.2, -0.15) is 0 Å². The number of carbonyl (C=O) groups is 1. The number of amides is 1. The number of carbonyl (C=O) groups excluding carboxylic acids is 1. The van der Waals surface area contributed by atoms with Gasteiger partial charge in [-0.1, -0.05) is 49.2 Å². The van der Waals surface area contributed by atoms with Crippen molar-refractivity contribution < 1.29 is 4.79 Å². The number of allylic oxidation sites excluding steroid dienone is 1. The molecule has 4 fully saturated rings. The Kier molecular flexibility index (Phi) is 4.66. The summed E-state index contributed by atoms with van der Waals surface area (Å²) in [6.45, 7) is 5.06. The highest BCUT2D eigenvalue weighted by atomic mass is 35.5. The third-order valence-corrected chi connectivity index (χ3v) is 9.83. The number of hydrogen-bond donors (Lipinski definition) is 0. The van der Waals surface area contributed by atoms with Gasteiger partial charge in [-0.25, -0.2) is 0 Å². The molecule has 2 nitrogen and oxygen atoms in total. The maximum absolute atomic E-state index is 12.3. The van der Waals surface area contributed by atoms with Crippen molar-refractivity contribution in [3.05, 3.63) is 40.4 Å². The Hall–Kier alpha value is -1.28. The Morgan fingerprint density at radius 3 is 2.69 bits per heavy atom. The Morgan fingerprint density at radius 1 is 1.07 bits per heavy atom. The summed E-state index contributed by atoms with van der Waals surface area (Å²) in [6, 6.07) is 8.75. The zero-order valence-electron chi connectivity index (χ0n) is 18.1. The molecule has 1 unspecified atom stereocenters. The van der Waals surface area contributed by atoms with Gasteiger partial charge in [-0.15, -0.1) is 0 Å². The van der Waals surface area contributed by atoms with E-state index in [4.69, 9.17) is 11.6 Å². The second-order valence-corrected chi connectivity index (χ2v) is 11.1. The summed E-state index contributed by atoms with van der Waals surface area (Å²) in [5.74, 6) is 2.76. The highest BCUT2D eigenvalue weighted by Crippen LogP contribution is 2.66. The third-order valence-electron chi connectivity index (χ3n) is 9.59. The fourth-order valence-corrected chi connectivity index (χ4v) is 8.23. The highest BCUT2D eigenvalue weighted by Gasteiger charge is 2.59. The zero-order valence-corrected chi connectivity index (χ0v) is 18.8. The number of piperidine rings is 1. The van der Waals surface area contributed by atoms with Crippen LogP contribution in [0.25, 0.3) is 6.08 Å². The van der Waals surface area contributed by atoms with Crippen molar-refractivity contribution in [2.75, 3.05) is 7.05 Å². The zero-order chi connectivity index (χ0) is 20.4. The third kappa shape index (κ3) is 2.92. The summed E-state index contributed by atoms with van der Waals surface area (Å²) in [7, 11) is 2.05. The lowest BCUT2D eigenvalue weighted by Gasteiger charge is -2.61. The van der Waals surface area contributed by atoms with Crippen LogP contribution < -0.4 is 0 Å². The highest BCUT2D eigenvalue weighted by molar-refractivity contribution is 6.30. The van der Waals surface area contributed by atoms with E-state index >= 15 is 0 Å². The summed E-state index contributed by atoms with van der Waals surface area (Å²) in [5.41, 5.74) is 3.54. The van der Waals surface area contributed by atoms with E-state index in [9.17, 15) is 4.79 Å². The molecule has 1 aliphatic heterocycles. The summed E-state index contributed by atoms with van der Waals surface area (Å²) in [5, 5.41) is 0.824. The fraction of sp³-hybridized carbons (Fsp3) is 0.654. The largest absolute Gasteiger partial charge is 0.342 e. The molecule has 0 radical (unpaired) electrons. The number of nitrogens with zero attached hydrogens (tertiary/aromatic N) is 1. The number of rotatable bonds is 1. The minimum absolute atomic E-state index is 0.312. The molecule has 3 aliphatic carbocycles. The van der Waals surface area contributed by atoms with Gasteiger partial charge in [0.15, 0.2) is 0 Å². The Labute approximate surface area is 180 Å². The monoisotopic (exact) mass is 411 g/mol. The number of benzene rings is 1. The van der Waals surface area contributed by atoms with E-state index in [-0.39, 0.29) is 0 Å². The number of halogens is 1. The van der Waals surface area contributed by atoms with E-state index in [1.807, 2.05) is 6.07 Å². The van der Waals surface area contributed by atoms with E-state index in [1.165, 1.54) is 44.1 Å². The average molecular weight is 412 g/mol. The quantitative estimate of drug-likeness (QED) is 0.510. The summed E-state index contributed by atoms with van der Waals surface area (Å²) < 4.78 is 0. The molecule has 4 aliphatic rings. The van der Waals surface area contributed by atoms with Crippen molar-refractivity contribution in [2.45, 2.75) is 71.3 Å². The first-order valence-corrected chi connectivity index (χ1v) is 11.9. The molecule has 0 N–H and O–H groups in total. The van der Waals surface area contributed by atoms with E-state index in [2.05, 4.69) is 50.1 Å². The van der Waals surface area contributed by atoms with Gasteiger partial charge in [0.25, 0.3) is 0 Å². The fourth-order valence-electron chi connectivity index (χ4n) is 8.03. The van der Waals surface area contributed by atoms with Crippen molar-refractivity contribution in [3.8, 4) is 0 Å². The number of likely N-dealkylation sites (tertiary alicyclic amines) is 1. The molecule has 156 valence electrons. The standard InChI is InChI=1S/C26H34ClNO/c1-25-13-11-22-20(8-10-23-26(22,2)14-12-24(29)28(23)3)21(25)9-7-18(25)15-17-5-4-6-19(27)16-17/h4-6,15-16,20-23H,7-14H2,1-3H3/t20-,21-,22+,23?,25+,26+/m0/s1. The van der Waals surface area contributed by atoms with Crippen LogP contribution in [0.1, 0.15) is 70.8 Å². The minimum atomic E-state index is 0.312. The molecule has 3 saturated carbocycles. The Morgan fingerprint density at radius 2 is 1.90 bits per heavy atom. The van der Waals surface area contributed by atoms with Gasteiger partial charge in [-0.3, -0.25) is 4.79 Å².